The first-order valence-corrected chi connectivity index (χ1v) is 9.71. The van der Waals surface area contributed by atoms with Crippen molar-refractivity contribution in [2.24, 2.45) is 0 Å². The van der Waals surface area contributed by atoms with E-state index in [1.165, 1.54) is 10.9 Å². The predicted molar refractivity (Wildman–Crippen MR) is 95.5 cm³/mol. The molecule has 4 rings (SSSR count). The lowest BCUT2D eigenvalue weighted by atomic mass is 9.90. The molecule has 0 bridgehead atoms. The molecule has 1 saturated heterocycles. The lowest BCUT2D eigenvalue weighted by molar-refractivity contribution is 0.320. The van der Waals surface area contributed by atoms with Gasteiger partial charge < -0.3 is 4.98 Å². The minimum absolute atomic E-state index is 0.385. The summed E-state index contributed by atoms with van der Waals surface area (Å²) in [5, 5.41) is 1.25. The van der Waals surface area contributed by atoms with Crippen molar-refractivity contribution < 1.29 is 8.42 Å². The van der Waals surface area contributed by atoms with E-state index in [2.05, 4.69) is 29.4 Å². The second-order valence-corrected chi connectivity index (χ2v) is 8.22. The average Bonchev–Trinajstić information content (AvgIpc) is 3.07. The second-order valence-electron chi connectivity index (χ2n) is 6.28. The molecule has 1 fully saturated rings. The van der Waals surface area contributed by atoms with Crippen LogP contribution in [0.3, 0.4) is 0 Å². The number of rotatable bonds is 3. The molecule has 0 saturated carbocycles. The number of nitrogens with zero attached hydrogens (tertiary/aromatic N) is 1. The molecule has 0 aliphatic carbocycles. The van der Waals surface area contributed by atoms with Gasteiger partial charge in [-0.25, -0.2) is 8.42 Å². The molecule has 0 atom stereocenters. The Morgan fingerprint density at radius 3 is 2.33 bits per heavy atom. The molecule has 3 aromatic rings. The van der Waals surface area contributed by atoms with Crippen molar-refractivity contribution in [3.05, 3.63) is 66.4 Å². The van der Waals surface area contributed by atoms with E-state index in [0.717, 1.165) is 18.4 Å². The summed E-state index contributed by atoms with van der Waals surface area (Å²) in [6, 6.07) is 17.0. The number of para-hydroxylation sites is 1. The average molecular weight is 340 g/mol. The smallest absolute Gasteiger partial charge is 0.243 e. The number of aromatic amines is 1. The van der Waals surface area contributed by atoms with Gasteiger partial charge in [-0.05, 0) is 42.5 Å². The van der Waals surface area contributed by atoms with Gasteiger partial charge in [-0.3, -0.25) is 0 Å². The van der Waals surface area contributed by atoms with Crippen LogP contribution in [-0.4, -0.2) is 30.8 Å². The van der Waals surface area contributed by atoms with Crippen LogP contribution in [0.25, 0.3) is 10.9 Å². The van der Waals surface area contributed by atoms with Gasteiger partial charge in [0.25, 0.3) is 0 Å². The van der Waals surface area contributed by atoms with Crippen LogP contribution in [0.4, 0.5) is 0 Å². The van der Waals surface area contributed by atoms with E-state index in [1.807, 2.05) is 12.1 Å². The number of aromatic nitrogens is 1. The maximum atomic E-state index is 12.7. The molecule has 0 radical (unpaired) electrons. The predicted octanol–water partition coefficient (Wildman–Crippen LogP) is 3.74. The van der Waals surface area contributed by atoms with E-state index in [-0.39, 0.29) is 0 Å². The van der Waals surface area contributed by atoms with Crippen LogP contribution in [0.2, 0.25) is 0 Å². The number of hydrogen-bond donors (Lipinski definition) is 1. The zero-order valence-electron chi connectivity index (χ0n) is 13.4. The van der Waals surface area contributed by atoms with Gasteiger partial charge >= 0.3 is 0 Å². The molecular formula is C19H20N2O2S. The minimum Gasteiger partial charge on any atom is -0.361 e. The molecule has 1 N–H and O–H groups in total. The van der Waals surface area contributed by atoms with Crippen LogP contribution in [0.5, 0.6) is 0 Å². The zero-order chi connectivity index (χ0) is 16.6. The van der Waals surface area contributed by atoms with Crippen LogP contribution in [0.15, 0.2) is 65.7 Å². The van der Waals surface area contributed by atoms with Crippen molar-refractivity contribution in [1.29, 1.82) is 0 Å². The van der Waals surface area contributed by atoms with Crippen LogP contribution in [0, 0.1) is 0 Å². The molecule has 1 aromatic heterocycles. The number of nitrogens with one attached hydrogen (secondary N) is 1. The summed E-state index contributed by atoms with van der Waals surface area (Å²) in [7, 11) is -3.37. The van der Waals surface area contributed by atoms with Crippen LogP contribution in [0.1, 0.15) is 24.3 Å². The maximum absolute atomic E-state index is 12.7. The molecule has 1 aliphatic heterocycles. The second kappa shape index (κ2) is 6.07. The van der Waals surface area contributed by atoms with E-state index in [0.29, 0.717) is 23.9 Å². The van der Waals surface area contributed by atoms with Gasteiger partial charge in [0.1, 0.15) is 0 Å². The fourth-order valence-electron chi connectivity index (χ4n) is 3.58. The van der Waals surface area contributed by atoms with Crippen LogP contribution in [-0.2, 0) is 10.0 Å². The number of H-pyrrole nitrogens is 1. The Morgan fingerprint density at radius 2 is 1.58 bits per heavy atom. The fourth-order valence-corrected chi connectivity index (χ4v) is 5.07. The molecular weight excluding hydrogens is 320 g/mol. The summed E-state index contributed by atoms with van der Waals surface area (Å²) in [6.45, 7) is 1.14. The summed E-state index contributed by atoms with van der Waals surface area (Å²) >= 11 is 0. The van der Waals surface area contributed by atoms with Gasteiger partial charge in [0, 0.05) is 30.2 Å². The fraction of sp³-hybridized carbons (Fsp3) is 0.263. The van der Waals surface area contributed by atoms with Crippen LogP contribution >= 0.6 is 0 Å². The zero-order valence-corrected chi connectivity index (χ0v) is 14.2. The summed E-state index contributed by atoms with van der Waals surface area (Å²) in [4.78, 5) is 3.71. The standard InChI is InChI=1S/C19H20N2O2S/c22-24(23,16-6-2-1-3-7-16)21-12-10-15(11-13-21)18-14-20-19-9-5-4-8-17(18)19/h1-9,14-15,20H,10-13H2. The summed E-state index contributed by atoms with van der Waals surface area (Å²) in [6.07, 6.45) is 3.79. The highest BCUT2D eigenvalue weighted by atomic mass is 32.2. The molecule has 5 heteroatoms. The van der Waals surface area contributed by atoms with Gasteiger partial charge in [0.15, 0.2) is 0 Å². The Balaban J connectivity index is 1.53. The van der Waals surface area contributed by atoms with E-state index in [1.54, 1.807) is 28.6 Å². The number of fused-ring (bicyclic) bond motifs is 1. The lowest BCUT2D eigenvalue weighted by Crippen LogP contribution is -2.37. The monoisotopic (exact) mass is 340 g/mol. The number of piperidine rings is 1. The topological polar surface area (TPSA) is 53.2 Å². The van der Waals surface area contributed by atoms with Gasteiger partial charge in [0.2, 0.25) is 10.0 Å². The summed E-state index contributed by atoms with van der Waals surface area (Å²) in [5.74, 6) is 0.406. The number of sulfonamides is 1. The Labute approximate surface area is 142 Å². The Bertz CT molecular complexity index is 940. The van der Waals surface area contributed by atoms with E-state index >= 15 is 0 Å². The molecule has 24 heavy (non-hydrogen) atoms. The third kappa shape index (κ3) is 2.64. The summed E-state index contributed by atoms with van der Waals surface area (Å²) < 4.78 is 27.0. The van der Waals surface area contributed by atoms with Crippen molar-refractivity contribution in [3.8, 4) is 0 Å². The molecule has 0 amide bonds. The molecule has 1 aliphatic rings. The highest BCUT2D eigenvalue weighted by molar-refractivity contribution is 7.89. The Hall–Kier alpha value is -2.11. The SMILES string of the molecule is O=S(=O)(c1ccccc1)N1CCC(c2c[nH]c3ccccc23)CC1. The Kier molecular flexibility index (Phi) is 3.90. The molecule has 0 unspecified atom stereocenters. The van der Waals surface area contributed by atoms with Crippen molar-refractivity contribution >= 4 is 20.9 Å². The third-order valence-electron chi connectivity index (χ3n) is 4.90. The third-order valence-corrected chi connectivity index (χ3v) is 6.81. The molecule has 4 nitrogen and oxygen atoms in total. The first-order chi connectivity index (χ1) is 11.7. The first kappa shape index (κ1) is 15.4. The lowest BCUT2D eigenvalue weighted by Gasteiger charge is -2.31. The Morgan fingerprint density at radius 1 is 0.917 bits per heavy atom. The van der Waals surface area contributed by atoms with Gasteiger partial charge in [0.05, 0.1) is 4.90 Å². The number of benzene rings is 2. The molecule has 2 aromatic carbocycles. The minimum atomic E-state index is -3.37. The normalized spacial score (nSPS) is 17.3. The van der Waals surface area contributed by atoms with Crippen molar-refractivity contribution in [3.63, 3.8) is 0 Å². The van der Waals surface area contributed by atoms with Gasteiger partial charge in [-0.2, -0.15) is 4.31 Å². The quantitative estimate of drug-likeness (QED) is 0.790. The van der Waals surface area contributed by atoms with E-state index in [4.69, 9.17) is 0 Å². The van der Waals surface area contributed by atoms with E-state index in [9.17, 15) is 8.42 Å². The molecule has 2 heterocycles. The van der Waals surface area contributed by atoms with Gasteiger partial charge in [-0.1, -0.05) is 36.4 Å². The van der Waals surface area contributed by atoms with Crippen molar-refractivity contribution in [2.45, 2.75) is 23.7 Å². The molecule has 124 valence electrons. The first-order valence-electron chi connectivity index (χ1n) is 8.27. The maximum Gasteiger partial charge on any atom is 0.243 e. The van der Waals surface area contributed by atoms with E-state index < -0.39 is 10.0 Å². The van der Waals surface area contributed by atoms with Crippen molar-refractivity contribution in [1.82, 2.24) is 9.29 Å². The highest BCUT2D eigenvalue weighted by Crippen LogP contribution is 2.34. The largest absolute Gasteiger partial charge is 0.361 e. The molecule has 0 spiro atoms. The highest BCUT2D eigenvalue weighted by Gasteiger charge is 2.30. The van der Waals surface area contributed by atoms with Crippen LogP contribution < -0.4 is 0 Å². The van der Waals surface area contributed by atoms with Crippen molar-refractivity contribution in [2.75, 3.05) is 13.1 Å². The number of hydrogen-bond acceptors (Lipinski definition) is 2. The van der Waals surface area contributed by atoms with Gasteiger partial charge in [-0.15, -0.1) is 0 Å². The summed E-state index contributed by atoms with van der Waals surface area (Å²) in [5.41, 5.74) is 2.45.